The molecule has 0 unspecified atom stereocenters. The Balaban J connectivity index is 1.48. The van der Waals surface area contributed by atoms with E-state index in [9.17, 15) is 12.8 Å². The highest BCUT2D eigenvalue weighted by Crippen LogP contribution is 2.46. The minimum absolute atomic E-state index is 0.0305. The zero-order chi connectivity index (χ0) is 19.3. The topological polar surface area (TPSA) is 50.3 Å². The fourth-order valence-corrected chi connectivity index (χ4v) is 6.62. The van der Waals surface area contributed by atoms with E-state index >= 15 is 0 Å². The fraction of sp³-hybridized carbons (Fsp3) is 0.227. The highest BCUT2D eigenvalue weighted by atomic mass is 32.2. The van der Waals surface area contributed by atoms with Gasteiger partial charge in [-0.2, -0.15) is 0 Å². The highest BCUT2D eigenvalue weighted by Gasteiger charge is 2.50. The standard InChI is InChI=1S/C22H19FN2O2S/c23-18-6-3-16(4-7-18)17-5-8-21-19(10-17)20-13-25(14-22(20)28(21,26)27)12-15-2-1-9-24-11-15/h1-11,20,22H,12-14H2/t20-,22-/m0/s1. The molecule has 0 aliphatic carbocycles. The molecule has 3 heterocycles. The normalized spacial score (nSPS) is 22.8. The quantitative estimate of drug-likeness (QED) is 0.681. The summed E-state index contributed by atoms with van der Waals surface area (Å²) >= 11 is 0. The van der Waals surface area contributed by atoms with Gasteiger partial charge < -0.3 is 0 Å². The third-order valence-corrected chi connectivity index (χ3v) is 8.02. The van der Waals surface area contributed by atoms with Crippen molar-refractivity contribution in [3.05, 3.63) is 83.9 Å². The van der Waals surface area contributed by atoms with Crippen LogP contribution in [0.25, 0.3) is 11.1 Å². The summed E-state index contributed by atoms with van der Waals surface area (Å²) in [6, 6.07) is 15.7. The summed E-state index contributed by atoms with van der Waals surface area (Å²) in [5, 5.41) is -0.400. The predicted molar refractivity (Wildman–Crippen MR) is 105 cm³/mol. The van der Waals surface area contributed by atoms with Crippen molar-refractivity contribution in [1.29, 1.82) is 0 Å². The first-order valence-electron chi connectivity index (χ1n) is 9.27. The number of nitrogens with zero attached hydrogens (tertiary/aromatic N) is 2. The van der Waals surface area contributed by atoms with Crippen LogP contribution in [-0.4, -0.2) is 36.6 Å². The third kappa shape index (κ3) is 2.84. The Labute approximate surface area is 163 Å². The maximum Gasteiger partial charge on any atom is 0.183 e. The number of rotatable bonds is 3. The molecule has 0 N–H and O–H groups in total. The second-order valence-electron chi connectivity index (χ2n) is 7.50. The number of sulfone groups is 1. The van der Waals surface area contributed by atoms with Crippen LogP contribution in [0, 0.1) is 5.82 Å². The van der Waals surface area contributed by atoms with Gasteiger partial charge in [-0.15, -0.1) is 0 Å². The minimum atomic E-state index is -3.33. The van der Waals surface area contributed by atoms with Gasteiger partial charge in [0.05, 0.1) is 10.1 Å². The summed E-state index contributed by atoms with van der Waals surface area (Å²) in [5.41, 5.74) is 3.77. The van der Waals surface area contributed by atoms with Crippen LogP contribution < -0.4 is 0 Å². The van der Waals surface area contributed by atoms with Gasteiger partial charge in [-0.3, -0.25) is 9.88 Å². The summed E-state index contributed by atoms with van der Waals surface area (Å²) in [6.45, 7) is 1.93. The molecule has 1 saturated heterocycles. The first-order valence-corrected chi connectivity index (χ1v) is 10.8. The van der Waals surface area contributed by atoms with Crippen molar-refractivity contribution >= 4 is 9.84 Å². The van der Waals surface area contributed by atoms with Gasteiger partial charge in [-0.05, 0) is 52.6 Å². The number of likely N-dealkylation sites (tertiary alicyclic amines) is 1. The van der Waals surface area contributed by atoms with Crippen LogP contribution >= 0.6 is 0 Å². The van der Waals surface area contributed by atoms with Crippen LogP contribution in [-0.2, 0) is 16.4 Å². The second kappa shape index (κ2) is 6.50. The number of hydrogen-bond donors (Lipinski definition) is 0. The third-order valence-electron chi connectivity index (χ3n) is 5.76. The Morgan fingerprint density at radius 2 is 1.82 bits per heavy atom. The molecule has 0 bridgehead atoms. The largest absolute Gasteiger partial charge is 0.297 e. The average Bonchev–Trinajstić information content (AvgIpc) is 3.21. The first-order chi connectivity index (χ1) is 13.5. The van der Waals surface area contributed by atoms with E-state index in [1.54, 1.807) is 24.4 Å². The molecule has 2 aliphatic rings. The van der Waals surface area contributed by atoms with Crippen molar-refractivity contribution in [2.24, 2.45) is 0 Å². The van der Waals surface area contributed by atoms with Gasteiger partial charge in [0, 0.05) is 37.9 Å². The van der Waals surface area contributed by atoms with Gasteiger partial charge >= 0.3 is 0 Å². The number of fused-ring (bicyclic) bond motifs is 3. The molecule has 6 heteroatoms. The number of benzene rings is 2. The van der Waals surface area contributed by atoms with Gasteiger partial charge in [-0.1, -0.05) is 24.3 Å². The molecule has 0 spiro atoms. The van der Waals surface area contributed by atoms with Crippen molar-refractivity contribution in [3.63, 3.8) is 0 Å². The van der Waals surface area contributed by atoms with E-state index < -0.39 is 15.1 Å². The summed E-state index contributed by atoms with van der Waals surface area (Å²) < 4.78 is 39.4. The molecule has 142 valence electrons. The maximum atomic E-state index is 13.2. The Kier molecular flexibility index (Phi) is 4.07. The van der Waals surface area contributed by atoms with E-state index in [4.69, 9.17) is 0 Å². The SMILES string of the molecule is O=S1(=O)c2ccc(-c3ccc(F)cc3)cc2[C@@H]2CN(Cc3cccnc3)C[C@@H]21. The van der Waals surface area contributed by atoms with E-state index in [1.807, 2.05) is 30.5 Å². The van der Waals surface area contributed by atoms with Gasteiger partial charge in [0.1, 0.15) is 5.82 Å². The Bertz CT molecular complexity index is 1130. The number of halogens is 1. The van der Waals surface area contributed by atoms with Crippen molar-refractivity contribution in [3.8, 4) is 11.1 Å². The number of pyridine rings is 1. The van der Waals surface area contributed by atoms with E-state index in [0.29, 0.717) is 24.5 Å². The average molecular weight is 394 g/mol. The molecule has 1 aromatic heterocycles. The lowest BCUT2D eigenvalue weighted by molar-refractivity contribution is 0.325. The van der Waals surface area contributed by atoms with Crippen LogP contribution in [0.3, 0.4) is 0 Å². The highest BCUT2D eigenvalue weighted by molar-refractivity contribution is 7.92. The zero-order valence-electron chi connectivity index (χ0n) is 15.1. The van der Waals surface area contributed by atoms with Gasteiger partial charge in [-0.25, -0.2) is 12.8 Å². The summed E-state index contributed by atoms with van der Waals surface area (Å²) in [5.74, 6) is -0.313. The lowest BCUT2D eigenvalue weighted by atomic mass is 9.94. The maximum absolute atomic E-state index is 13.2. The molecule has 5 rings (SSSR count). The summed E-state index contributed by atoms with van der Waals surface area (Å²) in [7, 11) is -3.33. The van der Waals surface area contributed by atoms with Crippen molar-refractivity contribution in [2.45, 2.75) is 22.6 Å². The lowest BCUT2D eigenvalue weighted by Gasteiger charge is -2.17. The molecule has 0 amide bonds. The van der Waals surface area contributed by atoms with Gasteiger partial charge in [0.25, 0.3) is 0 Å². The van der Waals surface area contributed by atoms with Crippen LogP contribution in [0.2, 0.25) is 0 Å². The van der Waals surface area contributed by atoms with Crippen LogP contribution in [0.15, 0.2) is 71.9 Å². The molecule has 28 heavy (non-hydrogen) atoms. The number of aromatic nitrogens is 1. The summed E-state index contributed by atoms with van der Waals surface area (Å²) in [6.07, 6.45) is 3.56. The molecule has 3 aromatic rings. The van der Waals surface area contributed by atoms with Crippen LogP contribution in [0.4, 0.5) is 4.39 Å². The number of hydrogen-bond acceptors (Lipinski definition) is 4. The Morgan fingerprint density at radius 1 is 1.04 bits per heavy atom. The van der Waals surface area contributed by atoms with Crippen LogP contribution in [0.5, 0.6) is 0 Å². The monoisotopic (exact) mass is 394 g/mol. The van der Waals surface area contributed by atoms with Crippen molar-refractivity contribution in [2.75, 3.05) is 13.1 Å². The molecule has 2 atom stereocenters. The zero-order valence-corrected chi connectivity index (χ0v) is 15.9. The Morgan fingerprint density at radius 3 is 2.57 bits per heavy atom. The molecule has 2 aromatic carbocycles. The molecular formula is C22H19FN2O2S. The van der Waals surface area contributed by atoms with E-state index in [-0.39, 0.29) is 11.7 Å². The summed E-state index contributed by atoms with van der Waals surface area (Å²) in [4.78, 5) is 6.79. The van der Waals surface area contributed by atoms with Gasteiger partial charge in [0.2, 0.25) is 0 Å². The molecule has 2 aliphatic heterocycles. The minimum Gasteiger partial charge on any atom is -0.297 e. The Hall–Kier alpha value is -2.57. The van der Waals surface area contributed by atoms with E-state index in [2.05, 4.69) is 9.88 Å². The second-order valence-corrected chi connectivity index (χ2v) is 9.64. The predicted octanol–water partition coefficient (Wildman–Crippen LogP) is 3.64. The molecule has 1 fully saturated rings. The van der Waals surface area contributed by atoms with Crippen LogP contribution in [0.1, 0.15) is 17.0 Å². The van der Waals surface area contributed by atoms with Gasteiger partial charge in [0.15, 0.2) is 9.84 Å². The smallest absolute Gasteiger partial charge is 0.183 e. The molecule has 0 saturated carbocycles. The van der Waals surface area contributed by atoms with E-state index in [1.165, 1.54) is 12.1 Å². The van der Waals surface area contributed by atoms with E-state index in [0.717, 1.165) is 22.3 Å². The van der Waals surface area contributed by atoms with Crippen molar-refractivity contribution < 1.29 is 12.8 Å². The first kappa shape index (κ1) is 17.5. The fourth-order valence-electron chi connectivity index (χ4n) is 4.43. The molecular weight excluding hydrogens is 375 g/mol. The molecule has 0 radical (unpaired) electrons. The van der Waals surface area contributed by atoms with Crippen molar-refractivity contribution in [1.82, 2.24) is 9.88 Å². The molecule has 4 nitrogen and oxygen atoms in total. The lowest BCUT2D eigenvalue weighted by Crippen LogP contribution is -2.25.